The molecule has 2 N–H and O–H groups in total. The van der Waals surface area contributed by atoms with Crippen molar-refractivity contribution in [2.45, 2.75) is 44.1 Å². The van der Waals surface area contributed by atoms with Gasteiger partial charge in [-0.05, 0) is 56.3 Å². The van der Waals surface area contributed by atoms with Crippen LogP contribution in [0.25, 0.3) is 0 Å². The van der Waals surface area contributed by atoms with Crippen LogP contribution in [0.5, 0.6) is 0 Å². The summed E-state index contributed by atoms with van der Waals surface area (Å²) in [5, 5.41) is 3.40. The third-order valence-corrected chi connectivity index (χ3v) is 4.96. The van der Waals surface area contributed by atoms with Gasteiger partial charge in [0.1, 0.15) is 0 Å². The maximum Gasteiger partial charge on any atom is 0.275 e. The standard InChI is InChI=1S/C14H24N2O/c1-16(2)9-13(17)15-14-6-10-3-11(7-14)5-12(4-10)8-14/h10-12H,3-9H2,1-2H3,(H,15,17)/p+1. The van der Waals surface area contributed by atoms with Gasteiger partial charge in [0.2, 0.25) is 0 Å². The molecule has 4 aliphatic carbocycles. The summed E-state index contributed by atoms with van der Waals surface area (Å²) in [6.07, 6.45) is 8.09. The topological polar surface area (TPSA) is 33.5 Å². The number of hydrogen-bond donors (Lipinski definition) is 2. The molecule has 3 heteroatoms. The molecular weight excluding hydrogens is 212 g/mol. The first-order valence-electron chi connectivity index (χ1n) is 7.15. The first-order chi connectivity index (χ1) is 8.05. The van der Waals surface area contributed by atoms with Crippen molar-refractivity contribution in [3.8, 4) is 0 Å². The summed E-state index contributed by atoms with van der Waals surface area (Å²) in [5.41, 5.74) is 0.196. The van der Waals surface area contributed by atoms with Gasteiger partial charge in [-0.2, -0.15) is 0 Å². The van der Waals surface area contributed by atoms with Crippen LogP contribution in [0, 0.1) is 17.8 Å². The molecule has 96 valence electrons. The van der Waals surface area contributed by atoms with Crippen molar-refractivity contribution in [2.75, 3.05) is 20.6 Å². The highest BCUT2D eigenvalue weighted by Crippen LogP contribution is 2.55. The molecule has 3 nitrogen and oxygen atoms in total. The molecule has 0 aromatic rings. The molecule has 4 saturated carbocycles. The maximum atomic E-state index is 12.0. The lowest BCUT2D eigenvalue weighted by molar-refractivity contribution is -0.849. The van der Waals surface area contributed by atoms with E-state index in [1.807, 2.05) is 14.1 Å². The van der Waals surface area contributed by atoms with Gasteiger partial charge in [0.15, 0.2) is 6.54 Å². The van der Waals surface area contributed by atoms with E-state index < -0.39 is 0 Å². The molecule has 4 rings (SSSR count). The summed E-state index contributed by atoms with van der Waals surface area (Å²) in [4.78, 5) is 13.2. The lowest BCUT2D eigenvalue weighted by atomic mass is 9.53. The maximum absolute atomic E-state index is 12.0. The molecular formula is C14H25N2O+. The molecule has 4 fully saturated rings. The molecule has 0 aromatic heterocycles. The zero-order valence-corrected chi connectivity index (χ0v) is 11.1. The Bertz CT molecular complexity index is 289. The number of nitrogens with one attached hydrogen (secondary N) is 2. The van der Waals surface area contributed by atoms with Crippen LogP contribution in [0.4, 0.5) is 0 Å². The second kappa shape index (κ2) is 3.98. The number of rotatable bonds is 3. The van der Waals surface area contributed by atoms with Gasteiger partial charge < -0.3 is 10.2 Å². The molecule has 0 atom stereocenters. The van der Waals surface area contributed by atoms with E-state index in [2.05, 4.69) is 5.32 Å². The molecule has 4 aliphatic rings. The van der Waals surface area contributed by atoms with Crippen LogP contribution in [-0.2, 0) is 4.79 Å². The number of likely N-dealkylation sites (N-methyl/N-ethyl adjacent to an activating group) is 1. The highest BCUT2D eigenvalue weighted by atomic mass is 16.2. The van der Waals surface area contributed by atoms with Gasteiger partial charge in [0.25, 0.3) is 5.91 Å². The van der Waals surface area contributed by atoms with Crippen molar-refractivity contribution in [3.63, 3.8) is 0 Å². The van der Waals surface area contributed by atoms with Gasteiger partial charge in [-0.3, -0.25) is 4.79 Å². The first-order valence-corrected chi connectivity index (χ1v) is 7.15. The molecule has 0 aliphatic heterocycles. The molecule has 0 aromatic carbocycles. The van der Waals surface area contributed by atoms with E-state index >= 15 is 0 Å². The molecule has 0 spiro atoms. The van der Waals surface area contributed by atoms with Gasteiger partial charge in [-0.25, -0.2) is 0 Å². The number of carbonyl (C=O) groups excluding carboxylic acids is 1. The fourth-order valence-electron chi connectivity index (χ4n) is 4.92. The second-order valence-electron chi connectivity index (χ2n) is 7.13. The molecule has 17 heavy (non-hydrogen) atoms. The fraction of sp³-hybridized carbons (Fsp3) is 0.929. The highest BCUT2D eigenvalue weighted by Gasteiger charge is 2.51. The predicted molar refractivity (Wildman–Crippen MR) is 66.7 cm³/mol. The Morgan fingerprint density at radius 1 is 1.12 bits per heavy atom. The van der Waals surface area contributed by atoms with E-state index in [0.29, 0.717) is 6.54 Å². The monoisotopic (exact) mass is 237 g/mol. The Morgan fingerprint density at radius 3 is 2.00 bits per heavy atom. The Balaban J connectivity index is 1.68. The van der Waals surface area contributed by atoms with Gasteiger partial charge in [-0.15, -0.1) is 0 Å². The van der Waals surface area contributed by atoms with Crippen molar-refractivity contribution < 1.29 is 9.69 Å². The first kappa shape index (κ1) is 11.5. The van der Waals surface area contributed by atoms with Crippen LogP contribution in [0.1, 0.15) is 38.5 Å². The summed E-state index contributed by atoms with van der Waals surface area (Å²) in [7, 11) is 4.08. The minimum atomic E-state index is 0.196. The Labute approximate surface area is 104 Å². The van der Waals surface area contributed by atoms with E-state index in [1.165, 1.54) is 43.4 Å². The predicted octanol–water partition coefficient (Wildman–Crippen LogP) is 0.216. The molecule has 0 unspecified atom stereocenters. The third kappa shape index (κ3) is 2.22. The third-order valence-electron chi connectivity index (χ3n) is 4.96. The number of carbonyl (C=O) groups is 1. The van der Waals surface area contributed by atoms with E-state index in [9.17, 15) is 4.79 Å². The molecule has 0 saturated heterocycles. The number of quaternary nitrogens is 1. The number of hydrogen-bond acceptors (Lipinski definition) is 1. The van der Waals surface area contributed by atoms with Crippen LogP contribution in [0.15, 0.2) is 0 Å². The molecule has 0 heterocycles. The fourth-order valence-corrected chi connectivity index (χ4v) is 4.92. The van der Waals surface area contributed by atoms with E-state index in [0.717, 1.165) is 17.8 Å². The van der Waals surface area contributed by atoms with Crippen LogP contribution < -0.4 is 10.2 Å². The average Bonchev–Trinajstić information content (AvgIpc) is 2.11. The Kier molecular flexibility index (Phi) is 2.69. The molecule has 0 radical (unpaired) electrons. The van der Waals surface area contributed by atoms with Crippen molar-refractivity contribution >= 4 is 5.91 Å². The lowest BCUT2D eigenvalue weighted by Gasteiger charge is -2.56. The van der Waals surface area contributed by atoms with Gasteiger partial charge in [-0.1, -0.05) is 0 Å². The normalized spacial score (nSPS) is 43.1. The largest absolute Gasteiger partial charge is 0.346 e. The smallest absolute Gasteiger partial charge is 0.275 e. The van der Waals surface area contributed by atoms with Gasteiger partial charge in [0, 0.05) is 5.54 Å². The summed E-state index contributed by atoms with van der Waals surface area (Å²) in [6, 6.07) is 0. The molecule has 4 bridgehead atoms. The minimum Gasteiger partial charge on any atom is -0.346 e. The van der Waals surface area contributed by atoms with Crippen molar-refractivity contribution in [1.29, 1.82) is 0 Å². The van der Waals surface area contributed by atoms with Crippen molar-refractivity contribution in [1.82, 2.24) is 5.32 Å². The van der Waals surface area contributed by atoms with Gasteiger partial charge in [0.05, 0.1) is 14.1 Å². The summed E-state index contributed by atoms with van der Waals surface area (Å²) in [6.45, 7) is 0.613. The lowest BCUT2D eigenvalue weighted by Crippen LogP contribution is -3.07. The zero-order valence-electron chi connectivity index (χ0n) is 11.1. The van der Waals surface area contributed by atoms with Gasteiger partial charge >= 0.3 is 0 Å². The number of amides is 1. The SMILES string of the molecule is C[NH+](C)CC(=O)NC12CC3CC(CC(C3)C1)C2. The quantitative estimate of drug-likeness (QED) is 0.723. The summed E-state index contributed by atoms with van der Waals surface area (Å²) < 4.78 is 0. The van der Waals surface area contributed by atoms with E-state index in [1.54, 1.807) is 0 Å². The van der Waals surface area contributed by atoms with E-state index in [4.69, 9.17) is 0 Å². The van der Waals surface area contributed by atoms with Crippen LogP contribution in [0.2, 0.25) is 0 Å². The Hall–Kier alpha value is -0.570. The van der Waals surface area contributed by atoms with Crippen molar-refractivity contribution in [2.24, 2.45) is 17.8 Å². The second-order valence-corrected chi connectivity index (χ2v) is 7.13. The zero-order chi connectivity index (χ0) is 12.0. The highest BCUT2D eigenvalue weighted by molar-refractivity contribution is 5.77. The summed E-state index contributed by atoms with van der Waals surface area (Å²) >= 11 is 0. The van der Waals surface area contributed by atoms with E-state index in [-0.39, 0.29) is 11.4 Å². The minimum absolute atomic E-state index is 0.196. The Morgan fingerprint density at radius 2 is 1.59 bits per heavy atom. The summed E-state index contributed by atoms with van der Waals surface area (Å²) in [5.74, 6) is 2.99. The average molecular weight is 237 g/mol. The van der Waals surface area contributed by atoms with Crippen LogP contribution in [-0.4, -0.2) is 32.1 Å². The molecule has 1 amide bonds. The van der Waals surface area contributed by atoms with Crippen LogP contribution in [0.3, 0.4) is 0 Å². The van der Waals surface area contributed by atoms with Crippen LogP contribution >= 0.6 is 0 Å². The van der Waals surface area contributed by atoms with Crippen molar-refractivity contribution in [3.05, 3.63) is 0 Å².